The van der Waals surface area contributed by atoms with E-state index in [-0.39, 0.29) is 0 Å². The molecule has 2 N–H and O–H groups in total. The van der Waals surface area contributed by atoms with Crippen LogP contribution in [0.25, 0.3) is 0 Å². The van der Waals surface area contributed by atoms with Crippen LogP contribution in [0.5, 0.6) is 5.75 Å². The SMILES string of the molecule is CN=C(NCCc1ccc(OC)cc1)NC1CCN(c2ccc(C)cc2)C1. The number of anilines is 1. The zero-order valence-corrected chi connectivity index (χ0v) is 16.5. The van der Waals surface area contributed by atoms with E-state index in [1.807, 2.05) is 19.2 Å². The van der Waals surface area contributed by atoms with E-state index in [4.69, 9.17) is 4.74 Å². The Kier molecular flexibility index (Phi) is 6.58. The number of aliphatic imine (C=N–C) groups is 1. The number of methoxy groups -OCH3 is 1. The summed E-state index contributed by atoms with van der Waals surface area (Å²) in [7, 11) is 3.52. The maximum absolute atomic E-state index is 5.20. The summed E-state index contributed by atoms with van der Waals surface area (Å²) in [6.45, 7) is 5.05. The molecule has 0 aliphatic carbocycles. The van der Waals surface area contributed by atoms with Crippen LogP contribution in [0.3, 0.4) is 0 Å². The third-order valence-corrected chi connectivity index (χ3v) is 5.02. The lowest BCUT2D eigenvalue weighted by Gasteiger charge is -2.20. The summed E-state index contributed by atoms with van der Waals surface area (Å²) in [5, 5.41) is 6.98. The number of hydrogen-bond acceptors (Lipinski definition) is 3. The van der Waals surface area contributed by atoms with E-state index in [9.17, 15) is 0 Å². The second-order valence-corrected chi connectivity index (χ2v) is 7.01. The first-order valence-corrected chi connectivity index (χ1v) is 9.59. The monoisotopic (exact) mass is 366 g/mol. The van der Waals surface area contributed by atoms with Crippen LogP contribution in [-0.4, -0.2) is 45.8 Å². The maximum Gasteiger partial charge on any atom is 0.191 e. The predicted octanol–water partition coefficient (Wildman–Crippen LogP) is 2.99. The molecule has 1 heterocycles. The summed E-state index contributed by atoms with van der Waals surface area (Å²) in [6, 6.07) is 17.4. The normalized spacial score (nSPS) is 17.1. The van der Waals surface area contributed by atoms with Crippen molar-refractivity contribution in [1.82, 2.24) is 10.6 Å². The Balaban J connectivity index is 1.44. The Morgan fingerprint density at radius 1 is 1.15 bits per heavy atom. The molecule has 27 heavy (non-hydrogen) atoms. The second-order valence-electron chi connectivity index (χ2n) is 7.01. The number of guanidine groups is 1. The molecule has 1 aliphatic rings. The maximum atomic E-state index is 5.20. The average Bonchev–Trinajstić information content (AvgIpc) is 3.17. The molecule has 5 heteroatoms. The lowest BCUT2D eigenvalue weighted by molar-refractivity contribution is 0.414. The van der Waals surface area contributed by atoms with Gasteiger partial charge >= 0.3 is 0 Å². The predicted molar refractivity (Wildman–Crippen MR) is 113 cm³/mol. The van der Waals surface area contributed by atoms with E-state index in [2.05, 4.69) is 63.8 Å². The van der Waals surface area contributed by atoms with Gasteiger partial charge in [0.15, 0.2) is 5.96 Å². The first kappa shape index (κ1) is 19.1. The van der Waals surface area contributed by atoms with Crippen LogP contribution in [0.15, 0.2) is 53.5 Å². The molecule has 0 radical (unpaired) electrons. The number of ether oxygens (including phenoxy) is 1. The van der Waals surface area contributed by atoms with Crippen molar-refractivity contribution in [3.05, 3.63) is 59.7 Å². The van der Waals surface area contributed by atoms with Crippen molar-refractivity contribution >= 4 is 11.6 Å². The summed E-state index contributed by atoms with van der Waals surface area (Å²) in [4.78, 5) is 6.81. The Labute approximate surface area is 162 Å². The van der Waals surface area contributed by atoms with Gasteiger partial charge in [0.05, 0.1) is 7.11 Å². The van der Waals surface area contributed by atoms with Crippen LogP contribution in [0.4, 0.5) is 5.69 Å². The first-order chi connectivity index (χ1) is 13.2. The van der Waals surface area contributed by atoms with Gasteiger partial charge in [0.25, 0.3) is 0 Å². The van der Waals surface area contributed by atoms with Crippen molar-refractivity contribution in [1.29, 1.82) is 0 Å². The third kappa shape index (κ3) is 5.39. The fraction of sp³-hybridized carbons (Fsp3) is 0.409. The summed E-state index contributed by atoms with van der Waals surface area (Å²) in [6.07, 6.45) is 2.07. The van der Waals surface area contributed by atoms with Crippen LogP contribution in [0, 0.1) is 6.92 Å². The van der Waals surface area contributed by atoms with Crippen molar-refractivity contribution < 1.29 is 4.74 Å². The van der Waals surface area contributed by atoms with Gasteiger partial charge in [-0.2, -0.15) is 0 Å². The highest BCUT2D eigenvalue weighted by molar-refractivity contribution is 5.80. The van der Waals surface area contributed by atoms with Crippen LogP contribution >= 0.6 is 0 Å². The Morgan fingerprint density at radius 3 is 2.56 bits per heavy atom. The van der Waals surface area contributed by atoms with Crippen molar-refractivity contribution in [3.8, 4) is 5.75 Å². The van der Waals surface area contributed by atoms with Gasteiger partial charge in [0.1, 0.15) is 5.75 Å². The van der Waals surface area contributed by atoms with Gasteiger partial charge in [0, 0.05) is 38.4 Å². The zero-order chi connectivity index (χ0) is 19.1. The fourth-order valence-electron chi connectivity index (χ4n) is 3.37. The average molecular weight is 367 g/mol. The van der Waals surface area contributed by atoms with Crippen molar-refractivity contribution in [2.45, 2.75) is 25.8 Å². The number of benzene rings is 2. The highest BCUT2D eigenvalue weighted by Crippen LogP contribution is 2.20. The molecule has 5 nitrogen and oxygen atoms in total. The number of hydrogen-bond donors (Lipinski definition) is 2. The molecule has 144 valence electrons. The summed E-state index contributed by atoms with van der Waals surface area (Å²) in [5.74, 6) is 1.77. The molecule has 2 aromatic rings. The van der Waals surface area contributed by atoms with Crippen molar-refractivity contribution in [2.24, 2.45) is 4.99 Å². The van der Waals surface area contributed by atoms with Gasteiger partial charge in [-0.1, -0.05) is 29.8 Å². The van der Waals surface area contributed by atoms with Crippen molar-refractivity contribution in [2.75, 3.05) is 38.7 Å². The molecule has 1 unspecified atom stereocenters. The highest BCUT2D eigenvalue weighted by Gasteiger charge is 2.23. The van der Waals surface area contributed by atoms with Gasteiger partial charge in [-0.05, 0) is 49.6 Å². The van der Waals surface area contributed by atoms with E-state index in [1.165, 1.54) is 16.8 Å². The summed E-state index contributed by atoms with van der Waals surface area (Å²) in [5.41, 5.74) is 3.88. The third-order valence-electron chi connectivity index (χ3n) is 5.02. The van der Waals surface area contributed by atoms with Gasteiger partial charge in [-0.15, -0.1) is 0 Å². The molecule has 3 rings (SSSR count). The molecule has 1 saturated heterocycles. The minimum atomic E-state index is 0.415. The molecule has 0 spiro atoms. The second kappa shape index (κ2) is 9.31. The van der Waals surface area contributed by atoms with Crippen LogP contribution in [0.1, 0.15) is 17.5 Å². The number of rotatable bonds is 6. The Hall–Kier alpha value is -2.69. The molecule has 2 aromatic carbocycles. The topological polar surface area (TPSA) is 48.9 Å². The van der Waals surface area contributed by atoms with Crippen LogP contribution in [-0.2, 0) is 6.42 Å². The number of aryl methyl sites for hydroxylation is 1. The van der Waals surface area contributed by atoms with Gasteiger partial charge < -0.3 is 20.3 Å². The van der Waals surface area contributed by atoms with E-state index in [0.717, 1.165) is 44.2 Å². The van der Waals surface area contributed by atoms with E-state index in [1.54, 1.807) is 7.11 Å². The van der Waals surface area contributed by atoms with Gasteiger partial charge in [0.2, 0.25) is 0 Å². The molecule has 1 aliphatic heterocycles. The van der Waals surface area contributed by atoms with E-state index >= 15 is 0 Å². The molecule has 1 atom stereocenters. The quantitative estimate of drug-likeness (QED) is 0.610. The molecule has 0 bridgehead atoms. The van der Waals surface area contributed by atoms with Crippen molar-refractivity contribution in [3.63, 3.8) is 0 Å². The Bertz CT molecular complexity index is 740. The number of nitrogens with one attached hydrogen (secondary N) is 2. The zero-order valence-electron chi connectivity index (χ0n) is 16.5. The molecular weight excluding hydrogens is 336 g/mol. The fourth-order valence-corrected chi connectivity index (χ4v) is 3.37. The van der Waals surface area contributed by atoms with Crippen LogP contribution in [0.2, 0.25) is 0 Å². The molecule has 1 fully saturated rings. The summed E-state index contributed by atoms with van der Waals surface area (Å²) < 4.78 is 5.20. The molecular formula is C22H30N4O. The van der Waals surface area contributed by atoms with Gasteiger partial charge in [-0.25, -0.2) is 0 Å². The smallest absolute Gasteiger partial charge is 0.191 e. The van der Waals surface area contributed by atoms with Gasteiger partial charge in [-0.3, -0.25) is 4.99 Å². The standard InChI is InChI=1S/C22H30N4O/c1-17-4-8-20(9-5-17)26-15-13-19(16-26)25-22(23-2)24-14-12-18-6-10-21(27-3)11-7-18/h4-11,19H,12-16H2,1-3H3,(H2,23,24,25). The van der Waals surface area contributed by atoms with Crippen LogP contribution < -0.4 is 20.3 Å². The lowest BCUT2D eigenvalue weighted by atomic mass is 10.1. The largest absolute Gasteiger partial charge is 0.497 e. The van der Waals surface area contributed by atoms with E-state index in [0.29, 0.717) is 6.04 Å². The number of nitrogens with zero attached hydrogens (tertiary/aromatic N) is 2. The first-order valence-electron chi connectivity index (χ1n) is 9.59. The lowest BCUT2D eigenvalue weighted by Crippen LogP contribution is -2.45. The highest BCUT2D eigenvalue weighted by atomic mass is 16.5. The minimum Gasteiger partial charge on any atom is -0.497 e. The molecule has 0 saturated carbocycles. The molecule has 0 amide bonds. The minimum absolute atomic E-state index is 0.415. The molecule has 0 aromatic heterocycles. The van der Waals surface area contributed by atoms with E-state index < -0.39 is 0 Å². The summed E-state index contributed by atoms with van der Waals surface area (Å²) >= 11 is 0. The Morgan fingerprint density at radius 2 is 1.89 bits per heavy atom.